The Morgan fingerprint density at radius 3 is 2.13 bits per heavy atom. The average molecular weight is 373 g/mol. The summed E-state index contributed by atoms with van der Waals surface area (Å²) in [6.07, 6.45) is 4.25. The van der Waals surface area contributed by atoms with Crippen LogP contribution in [0.5, 0.6) is 0 Å². The van der Waals surface area contributed by atoms with Gasteiger partial charge in [-0.1, -0.05) is 60.7 Å². The largest absolute Gasteiger partial charge is 0.410 e. The predicted octanol–water partition coefficient (Wildman–Crippen LogP) is 7.08. The normalized spacial score (nSPS) is 25.3. The molecular formula is C19H40OSSi2. The molecule has 2 atom stereocenters. The van der Waals surface area contributed by atoms with Gasteiger partial charge in [0.25, 0.3) is 0 Å². The molecule has 1 saturated carbocycles. The lowest BCUT2D eigenvalue weighted by atomic mass is 9.79. The minimum absolute atomic E-state index is 0.297. The van der Waals surface area contributed by atoms with E-state index < -0.39 is 16.4 Å². The average Bonchev–Trinajstić information content (AvgIpc) is 2.34. The Morgan fingerprint density at radius 1 is 1.17 bits per heavy atom. The summed E-state index contributed by atoms with van der Waals surface area (Å²) in [5.74, 6) is 2.00. The van der Waals surface area contributed by atoms with Gasteiger partial charge < -0.3 is 4.43 Å². The van der Waals surface area contributed by atoms with Crippen molar-refractivity contribution in [2.75, 3.05) is 5.75 Å². The molecule has 23 heavy (non-hydrogen) atoms. The second-order valence-electron chi connectivity index (χ2n) is 9.74. The maximum absolute atomic E-state index is 6.79. The Labute approximate surface area is 152 Å². The summed E-state index contributed by atoms with van der Waals surface area (Å²) in [4.78, 5) is 0. The molecular weight excluding hydrogens is 332 g/mol. The molecule has 4 heteroatoms. The fraction of sp³-hybridized carbons (Fsp3) is 0.895. The van der Waals surface area contributed by atoms with Gasteiger partial charge in [0.2, 0.25) is 0 Å². The Bertz CT molecular complexity index is 430. The number of rotatable bonds is 7. The van der Waals surface area contributed by atoms with Crippen LogP contribution >= 0.6 is 11.8 Å². The van der Waals surface area contributed by atoms with Crippen LogP contribution in [-0.2, 0) is 4.43 Å². The highest BCUT2D eigenvalue weighted by Crippen LogP contribution is 2.48. The van der Waals surface area contributed by atoms with Crippen LogP contribution in [0.2, 0.25) is 37.8 Å². The summed E-state index contributed by atoms with van der Waals surface area (Å²) in [5.41, 5.74) is 1.68. The van der Waals surface area contributed by atoms with E-state index in [2.05, 4.69) is 79.1 Å². The van der Waals surface area contributed by atoms with E-state index in [9.17, 15) is 0 Å². The van der Waals surface area contributed by atoms with Crippen molar-refractivity contribution in [1.29, 1.82) is 0 Å². The van der Waals surface area contributed by atoms with E-state index >= 15 is 0 Å². The SMILES string of the molecule is CCCCS/C(=C1/[C@H](C)C[C@H]1O[Si](C)(C)C(C)(C)C)[Si](C)(C)C. The molecule has 0 aliphatic heterocycles. The minimum atomic E-state index is -1.68. The number of hydrogen-bond donors (Lipinski definition) is 0. The lowest BCUT2D eigenvalue weighted by Gasteiger charge is -2.47. The van der Waals surface area contributed by atoms with E-state index in [0.717, 1.165) is 5.92 Å². The van der Waals surface area contributed by atoms with E-state index in [-0.39, 0.29) is 0 Å². The fourth-order valence-electron chi connectivity index (χ4n) is 2.80. The predicted molar refractivity (Wildman–Crippen MR) is 114 cm³/mol. The molecule has 136 valence electrons. The molecule has 1 aliphatic rings. The highest BCUT2D eigenvalue weighted by atomic mass is 32.2. The van der Waals surface area contributed by atoms with Crippen LogP contribution in [0.4, 0.5) is 0 Å². The van der Waals surface area contributed by atoms with E-state index in [1.54, 1.807) is 10.1 Å². The Hall–Kier alpha value is 0.484. The third kappa shape index (κ3) is 5.48. The monoisotopic (exact) mass is 372 g/mol. The first-order valence-electron chi connectivity index (χ1n) is 9.36. The quantitative estimate of drug-likeness (QED) is 0.349. The molecule has 0 N–H and O–H groups in total. The first kappa shape index (κ1) is 21.5. The van der Waals surface area contributed by atoms with Crippen molar-refractivity contribution in [3.63, 3.8) is 0 Å². The maximum Gasteiger partial charge on any atom is 0.192 e. The van der Waals surface area contributed by atoms with E-state index in [1.165, 1.54) is 25.0 Å². The summed E-state index contributed by atoms with van der Waals surface area (Å²) in [6.45, 7) is 24.0. The molecule has 0 aromatic carbocycles. The van der Waals surface area contributed by atoms with Crippen LogP contribution in [0.25, 0.3) is 0 Å². The van der Waals surface area contributed by atoms with E-state index in [0.29, 0.717) is 11.1 Å². The summed E-state index contributed by atoms with van der Waals surface area (Å²) in [5, 5.41) is 0.297. The molecule has 0 spiro atoms. The molecule has 0 saturated heterocycles. The Kier molecular flexibility index (Phi) is 7.30. The molecule has 1 fully saturated rings. The molecule has 0 bridgehead atoms. The Balaban J connectivity index is 3.03. The van der Waals surface area contributed by atoms with Gasteiger partial charge in [-0.15, -0.1) is 11.8 Å². The second kappa shape index (κ2) is 7.80. The van der Waals surface area contributed by atoms with Crippen LogP contribution in [-0.4, -0.2) is 28.2 Å². The molecule has 0 aromatic heterocycles. The summed E-state index contributed by atoms with van der Waals surface area (Å²) in [7, 11) is -2.98. The van der Waals surface area contributed by atoms with E-state index in [1.807, 2.05) is 0 Å². The van der Waals surface area contributed by atoms with Crippen LogP contribution in [0, 0.1) is 5.92 Å². The minimum Gasteiger partial charge on any atom is -0.410 e. The maximum atomic E-state index is 6.79. The molecule has 1 rings (SSSR count). The van der Waals surface area contributed by atoms with Crippen LogP contribution < -0.4 is 0 Å². The summed E-state index contributed by atoms with van der Waals surface area (Å²) < 4.78 is 8.54. The van der Waals surface area contributed by atoms with Gasteiger partial charge in [0.15, 0.2) is 8.32 Å². The molecule has 1 nitrogen and oxygen atoms in total. The molecule has 0 unspecified atom stereocenters. The topological polar surface area (TPSA) is 9.23 Å². The smallest absolute Gasteiger partial charge is 0.192 e. The highest BCUT2D eigenvalue weighted by molar-refractivity contribution is 8.05. The number of unbranched alkanes of at least 4 members (excludes halogenated alkanes) is 1. The standard InChI is InChI=1S/C19H40OSSi2/c1-11-12-13-21-18(22(6,7)8)17-15(2)14-16(17)20-23(9,10)19(3,4)5/h15-16H,11-14H2,1-10H3/b18-17+/t15-,16-/m1/s1. The van der Waals surface area contributed by atoms with Gasteiger partial charge >= 0.3 is 0 Å². The van der Waals surface area contributed by atoms with Crippen LogP contribution in [0.3, 0.4) is 0 Å². The van der Waals surface area contributed by atoms with Gasteiger partial charge in [-0.25, -0.2) is 0 Å². The molecule has 1 aliphatic carbocycles. The van der Waals surface area contributed by atoms with Crippen LogP contribution in [0.15, 0.2) is 10.1 Å². The van der Waals surface area contributed by atoms with Gasteiger partial charge in [-0.3, -0.25) is 0 Å². The molecule has 0 aromatic rings. The lowest BCUT2D eigenvalue weighted by molar-refractivity contribution is 0.130. The zero-order valence-corrected chi connectivity index (χ0v) is 20.1. The molecule has 0 radical (unpaired) electrons. The lowest BCUT2D eigenvalue weighted by Crippen LogP contribution is -2.49. The van der Waals surface area contributed by atoms with Crippen molar-refractivity contribution in [2.45, 2.75) is 97.8 Å². The first-order valence-corrected chi connectivity index (χ1v) is 16.8. The molecule has 0 amide bonds. The van der Waals surface area contributed by atoms with Crippen molar-refractivity contribution >= 4 is 28.2 Å². The van der Waals surface area contributed by atoms with Crippen LogP contribution in [0.1, 0.15) is 53.9 Å². The highest BCUT2D eigenvalue weighted by Gasteiger charge is 2.45. The van der Waals surface area contributed by atoms with Gasteiger partial charge in [0, 0.05) is 0 Å². The number of hydrogen-bond acceptors (Lipinski definition) is 2. The third-order valence-electron chi connectivity index (χ3n) is 5.38. The first-order chi connectivity index (χ1) is 10.3. The van der Waals surface area contributed by atoms with Crippen molar-refractivity contribution in [3.05, 3.63) is 10.1 Å². The van der Waals surface area contributed by atoms with Crippen molar-refractivity contribution in [1.82, 2.24) is 0 Å². The molecule has 0 heterocycles. The van der Waals surface area contributed by atoms with E-state index in [4.69, 9.17) is 4.43 Å². The Morgan fingerprint density at radius 2 is 1.74 bits per heavy atom. The summed E-state index contributed by atoms with van der Waals surface area (Å²) in [6, 6.07) is 0. The zero-order valence-electron chi connectivity index (χ0n) is 17.3. The fourth-order valence-corrected chi connectivity index (χ4v) is 8.53. The van der Waals surface area contributed by atoms with Gasteiger partial charge in [0.1, 0.15) is 0 Å². The van der Waals surface area contributed by atoms with Crippen molar-refractivity contribution in [3.8, 4) is 0 Å². The van der Waals surface area contributed by atoms with Gasteiger partial charge in [-0.2, -0.15) is 0 Å². The van der Waals surface area contributed by atoms with Crippen molar-refractivity contribution in [2.24, 2.45) is 5.92 Å². The third-order valence-corrected chi connectivity index (χ3v) is 14.8. The van der Waals surface area contributed by atoms with Gasteiger partial charge in [0.05, 0.1) is 14.2 Å². The zero-order chi connectivity index (χ0) is 18.1. The van der Waals surface area contributed by atoms with Crippen molar-refractivity contribution < 1.29 is 4.43 Å². The summed E-state index contributed by atoms with van der Waals surface area (Å²) >= 11 is 2.15. The van der Waals surface area contributed by atoms with Gasteiger partial charge in [-0.05, 0) is 52.7 Å². The number of thioether (sulfide) groups is 1. The second-order valence-corrected chi connectivity index (χ2v) is 21.0.